The van der Waals surface area contributed by atoms with Crippen LogP contribution in [-0.2, 0) is 22.4 Å². The Morgan fingerprint density at radius 1 is 0.872 bits per heavy atom. The van der Waals surface area contributed by atoms with Crippen LogP contribution >= 0.6 is 0 Å². The number of carboxylic acids is 2. The van der Waals surface area contributed by atoms with Crippen molar-refractivity contribution in [3.05, 3.63) is 68.8 Å². The summed E-state index contributed by atoms with van der Waals surface area (Å²) in [5.41, 5.74) is 14.4. The minimum absolute atomic E-state index is 0.0107. The summed E-state index contributed by atoms with van der Waals surface area (Å²) in [5.74, 6) is -2.67. The number of hydrogen-bond acceptors (Lipinski definition) is 6. The van der Waals surface area contributed by atoms with Gasteiger partial charge in [-0.1, -0.05) is 27.7 Å². The highest BCUT2D eigenvalue weighted by Gasteiger charge is 2.34. The highest BCUT2D eigenvalue weighted by molar-refractivity contribution is 6.02. The SMILES string of the molecule is CCc1c(C)c2cc3nc(c(CC(=O)O)c4[nH]c(cc5nc(cc1[nH]2)C(C)C5CC)c(C)c4C(=O)O)C(CCC(=O)NCCN)[C@H]3C. The van der Waals surface area contributed by atoms with Gasteiger partial charge in [-0.05, 0) is 68.0 Å². The fourth-order valence-corrected chi connectivity index (χ4v) is 7.41. The van der Waals surface area contributed by atoms with Crippen LogP contribution in [0.25, 0.3) is 22.1 Å². The average molecular weight is 643 g/mol. The Labute approximate surface area is 274 Å². The van der Waals surface area contributed by atoms with Gasteiger partial charge in [0.1, 0.15) is 0 Å². The summed E-state index contributed by atoms with van der Waals surface area (Å²) >= 11 is 0. The molecule has 0 saturated heterocycles. The van der Waals surface area contributed by atoms with Crippen molar-refractivity contribution in [1.82, 2.24) is 25.3 Å². The maximum atomic E-state index is 12.8. The topological polar surface area (TPSA) is 187 Å². The number of aromatic amines is 2. The Kier molecular flexibility index (Phi) is 9.86. The molecule has 2 aliphatic heterocycles. The third-order valence-electron chi connectivity index (χ3n) is 10.1. The van der Waals surface area contributed by atoms with Gasteiger partial charge in [0.25, 0.3) is 0 Å². The number of carboxylic acid groups (broad SMARTS) is 2. The quantitative estimate of drug-likeness (QED) is 0.159. The highest BCUT2D eigenvalue weighted by Crippen LogP contribution is 2.43. The summed E-state index contributed by atoms with van der Waals surface area (Å²) in [6.07, 6.45) is 1.81. The van der Waals surface area contributed by atoms with Crippen LogP contribution in [0, 0.1) is 13.8 Å². The summed E-state index contributed by atoms with van der Waals surface area (Å²) in [5, 5.41) is 23.4. The molecule has 3 aromatic rings. The second-order valence-electron chi connectivity index (χ2n) is 12.9. The molecule has 3 unspecified atom stereocenters. The van der Waals surface area contributed by atoms with Crippen LogP contribution in [0.5, 0.6) is 0 Å². The van der Waals surface area contributed by atoms with Crippen LogP contribution in [-0.4, -0.2) is 61.1 Å². The van der Waals surface area contributed by atoms with Crippen molar-refractivity contribution in [2.45, 2.75) is 97.3 Å². The Bertz CT molecular complexity index is 1890. The molecular formula is C36H46N6O5. The molecule has 0 saturated carbocycles. The number of nitrogens with one attached hydrogen (secondary N) is 3. The molecule has 5 heterocycles. The Morgan fingerprint density at radius 2 is 1.51 bits per heavy atom. The largest absolute Gasteiger partial charge is 0.481 e. The van der Waals surface area contributed by atoms with Crippen molar-refractivity contribution in [1.29, 1.82) is 0 Å². The molecule has 0 aromatic carbocycles. The molecule has 0 aliphatic carbocycles. The number of amides is 1. The number of aromatic carboxylic acids is 1. The lowest BCUT2D eigenvalue weighted by Gasteiger charge is -2.18. The van der Waals surface area contributed by atoms with Crippen molar-refractivity contribution >= 4 is 39.9 Å². The standard InChI is InChI=1S/C36H46N6O5/c1-7-21-17(3)25-14-27-19(5)23(9-10-31(43)38-12-11-37)34(41-27)24(13-32(44)45)35-33(36(46)47)20(6)28(42-35)16-30-22(8-2)18(4)26(40-30)15-29(21)39-25/h14-16,18-19,22-23,39,42H,7-13,37H2,1-6H3,(H,38,43)(H,44,45)(H,46,47)/t18?,19-,22?,23?/m1/s1. The fourth-order valence-electron chi connectivity index (χ4n) is 7.41. The zero-order valence-corrected chi connectivity index (χ0v) is 28.1. The van der Waals surface area contributed by atoms with Crippen LogP contribution < -0.4 is 11.1 Å². The van der Waals surface area contributed by atoms with E-state index in [-0.39, 0.29) is 47.1 Å². The summed E-state index contributed by atoms with van der Waals surface area (Å²) in [6.45, 7) is 12.9. The van der Waals surface area contributed by atoms with Crippen LogP contribution in [0.2, 0.25) is 0 Å². The molecule has 0 fully saturated rings. The lowest BCUT2D eigenvalue weighted by molar-refractivity contribution is -0.136. The Balaban J connectivity index is 1.93. The second kappa shape index (κ2) is 13.7. The van der Waals surface area contributed by atoms with E-state index in [2.05, 4.69) is 49.0 Å². The van der Waals surface area contributed by atoms with Gasteiger partial charge in [0.2, 0.25) is 5.91 Å². The molecule has 11 nitrogen and oxygen atoms in total. The van der Waals surface area contributed by atoms with Gasteiger partial charge in [-0.25, -0.2) is 4.79 Å². The number of H-pyrrole nitrogens is 2. The molecule has 7 N–H and O–H groups in total. The van der Waals surface area contributed by atoms with Crippen LogP contribution in [0.3, 0.4) is 0 Å². The first-order valence-electron chi connectivity index (χ1n) is 16.6. The molecule has 0 spiro atoms. The highest BCUT2D eigenvalue weighted by atomic mass is 16.4. The summed E-state index contributed by atoms with van der Waals surface area (Å²) in [6, 6.07) is 6.06. The minimum Gasteiger partial charge on any atom is -0.481 e. The van der Waals surface area contributed by atoms with Gasteiger partial charge in [0, 0.05) is 82.4 Å². The van der Waals surface area contributed by atoms with Gasteiger partial charge in [-0.3, -0.25) is 19.6 Å². The number of hydrogen-bond donors (Lipinski definition) is 6. The van der Waals surface area contributed by atoms with E-state index >= 15 is 0 Å². The van der Waals surface area contributed by atoms with Crippen LogP contribution in [0.15, 0.2) is 18.2 Å². The van der Waals surface area contributed by atoms with Crippen molar-refractivity contribution in [2.75, 3.05) is 13.1 Å². The van der Waals surface area contributed by atoms with Crippen molar-refractivity contribution < 1.29 is 24.6 Å². The molecule has 3 aromatic heterocycles. The molecular weight excluding hydrogens is 596 g/mol. The molecule has 11 heteroatoms. The molecule has 0 radical (unpaired) electrons. The number of carbonyl (C=O) groups excluding carboxylic acids is 1. The van der Waals surface area contributed by atoms with E-state index in [1.165, 1.54) is 5.56 Å². The second-order valence-corrected chi connectivity index (χ2v) is 12.9. The van der Waals surface area contributed by atoms with Gasteiger partial charge in [-0.15, -0.1) is 0 Å². The molecule has 2 aliphatic rings. The van der Waals surface area contributed by atoms with Gasteiger partial charge in [-0.2, -0.15) is 0 Å². The molecule has 250 valence electrons. The smallest absolute Gasteiger partial charge is 0.338 e. The summed E-state index contributed by atoms with van der Waals surface area (Å²) in [7, 11) is 0. The van der Waals surface area contributed by atoms with Crippen molar-refractivity contribution in [2.24, 2.45) is 5.73 Å². The fraction of sp³-hybridized carbons (Fsp3) is 0.472. The number of carbonyl (C=O) groups is 3. The summed E-state index contributed by atoms with van der Waals surface area (Å²) in [4.78, 5) is 55.0. The number of nitrogens with zero attached hydrogens (tertiary/aromatic N) is 2. The minimum atomic E-state index is -1.16. The van der Waals surface area contributed by atoms with E-state index in [4.69, 9.17) is 15.7 Å². The number of rotatable bonds is 10. The zero-order chi connectivity index (χ0) is 34.2. The molecule has 8 bridgehead atoms. The van der Waals surface area contributed by atoms with Gasteiger partial charge >= 0.3 is 11.9 Å². The van der Waals surface area contributed by atoms with E-state index < -0.39 is 18.4 Å². The predicted octanol–water partition coefficient (Wildman–Crippen LogP) is 5.86. The Morgan fingerprint density at radius 3 is 2.15 bits per heavy atom. The lowest BCUT2D eigenvalue weighted by Crippen LogP contribution is -2.29. The Hall–Kier alpha value is -4.51. The third-order valence-corrected chi connectivity index (χ3v) is 10.1. The van der Waals surface area contributed by atoms with Crippen molar-refractivity contribution in [3.8, 4) is 0 Å². The molecule has 47 heavy (non-hydrogen) atoms. The number of fused-ring (bicyclic) bond motifs is 8. The van der Waals surface area contributed by atoms with Gasteiger partial charge in [0.05, 0.1) is 23.2 Å². The molecule has 4 atom stereocenters. The summed E-state index contributed by atoms with van der Waals surface area (Å²) < 4.78 is 0. The van der Waals surface area contributed by atoms with E-state index in [9.17, 15) is 24.6 Å². The van der Waals surface area contributed by atoms with E-state index in [0.717, 1.165) is 46.5 Å². The zero-order valence-electron chi connectivity index (χ0n) is 28.1. The molecule has 1 amide bonds. The monoisotopic (exact) mass is 642 g/mol. The first-order valence-corrected chi connectivity index (χ1v) is 16.6. The third kappa shape index (κ3) is 6.41. The van der Waals surface area contributed by atoms with Gasteiger partial charge < -0.3 is 31.2 Å². The van der Waals surface area contributed by atoms with Crippen molar-refractivity contribution in [3.63, 3.8) is 0 Å². The predicted molar refractivity (Wildman–Crippen MR) is 182 cm³/mol. The molecule has 5 rings (SSSR count). The first-order chi connectivity index (χ1) is 22.4. The first kappa shape index (κ1) is 33.8. The average Bonchev–Trinajstić information content (AvgIpc) is 3.70. The van der Waals surface area contributed by atoms with Crippen LogP contribution in [0.1, 0.15) is 126 Å². The number of aromatic nitrogens is 4. The maximum absolute atomic E-state index is 12.8. The lowest BCUT2D eigenvalue weighted by atomic mass is 9.85. The maximum Gasteiger partial charge on any atom is 0.338 e. The van der Waals surface area contributed by atoms with Gasteiger partial charge in [0.15, 0.2) is 0 Å². The normalized spacial score (nSPS) is 19.1. The van der Waals surface area contributed by atoms with E-state index in [1.807, 2.05) is 19.1 Å². The van der Waals surface area contributed by atoms with E-state index in [1.54, 1.807) is 6.92 Å². The van der Waals surface area contributed by atoms with Crippen LogP contribution in [0.4, 0.5) is 0 Å². The number of aryl methyl sites for hydroxylation is 3. The van der Waals surface area contributed by atoms with E-state index in [0.29, 0.717) is 41.8 Å². The number of aliphatic carboxylic acids is 1. The number of nitrogens with two attached hydrogens (primary N) is 1.